The molecule has 2 heterocycles. The molecule has 2 saturated heterocycles. The summed E-state index contributed by atoms with van der Waals surface area (Å²) >= 11 is 5.86. The number of anilines is 1. The predicted octanol–water partition coefficient (Wildman–Crippen LogP) is 6.43. The first-order chi connectivity index (χ1) is 31.6. The number of ether oxygens (including phenoxy) is 7. The number of nitrogens with zero attached hydrogens (tertiary/aromatic N) is 1. The third-order valence-electron chi connectivity index (χ3n) is 11.6. The number of nitrogens with one attached hydrogen (secondary N) is 1. The number of likely N-dealkylation sites (N-methyl/N-ethyl adjacent to an activating group) is 1. The molecule has 2 fully saturated rings. The lowest BCUT2D eigenvalue weighted by atomic mass is 9.83. The number of hydrogen-bond acceptors (Lipinski definition) is 15. The van der Waals surface area contributed by atoms with E-state index in [9.17, 15) is 29.4 Å². The molecule has 2 aliphatic rings. The minimum Gasteiger partial charge on any atom is -0.463 e. The number of benzene rings is 4. The van der Waals surface area contributed by atoms with E-state index >= 15 is 0 Å². The molecule has 4 aromatic carbocycles. The highest BCUT2D eigenvalue weighted by Crippen LogP contribution is 2.47. The second-order valence-corrected chi connectivity index (χ2v) is 17.0. The lowest BCUT2D eigenvalue weighted by Crippen LogP contribution is -2.62. The number of carbonyl (C=O) groups is 4. The lowest BCUT2D eigenvalue weighted by molar-refractivity contribution is -0.264. The molecule has 0 bridgehead atoms. The first-order valence-electron chi connectivity index (χ1n) is 21.8. The van der Waals surface area contributed by atoms with Gasteiger partial charge in [0.15, 0.2) is 24.6 Å². The van der Waals surface area contributed by atoms with Gasteiger partial charge in [-0.2, -0.15) is 0 Å². The Morgan fingerprint density at radius 3 is 1.89 bits per heavy atom. The summed E-state index contributed by atoms with van der Waals surface area (Å²) in [5.41, 5.74) is 4.70. The molecule has 2 aliphatic heterocycles. The molecule has 6 rings (SSSR count). The Morgan fingerprint density at radius 2 is 1.29 bits per heavy atom. The van der Waals surface area contributed by atoms with Gasteiger partial charge in [-0.05, 0) is 48.4 Å². The fraction of sp³-hybridized carbons (Fsp3) is 0.420. The summed E-state index contributed by atoms with van der Waals surface area (Å²) in [4.78, 5) is 51.2. The molecule has 16 heteroatoms. The van der Waals surface area contributed by atoms with Crippen molar-refractivity contribution < 1.29 is 62.5 Å². The van der Waals surface area contributed by atoms with Crippen LogP contribution in [0.15, 0.2) is 109 Å². The number of rotatable bonds is 17. The van der Waals surface area contributed by atoms with Crippen molar-refractivity contribution in [2.45, 2.75) is 115 Å². The van der Waals surface area contributed by atoms with E-state index in [0.29, 0.717) is 17.8 Å². The van der Waals surface area contributed by atoms with Crippen molar-refractivity contribution in [3.05, 3.63) is 137 Å². The summed E-state index contributed by atoms with van der Waals surface area (Å²) in [6.07, 6.45) is -8.73. The Labute approximate surface area is 390 Å². The number of carbonyl (C=O) groups excluding carboxylic acids is 4. The van der Waals surface area contributed by atoms with Gasteiger partial charge in [0.2, 0.25) is 0 Å². The van der Waals surface area contributed by atoms with Crippen LogP contribution in [0.3, 0.4) is 0 Å². The highest BCUT2D eigenvalue weighted by atomic mass is 32.1. The van der Waals surface area contributed by atoms with E-state index < -0.39 is 79.0 Å². The fourth-order valence-electron chi connectivity index (χ4n) is 8.43. The highest BCUT2D eigenvalue weighted by Gasteiger charge is 2.52. The van der Waals surface area contributed by atoms with Gasteiger partial charge in [0.05, 0.1) is 29.9 Å². The van der Waals surface area contributed by atoms with Crippen LogP contribution in [-0.4, -0.2) is 107 Å². The van der Waals surface area contributed by atoms with Crippen LogP contribution in [0.1, 0.15) is 93.3 Å². The molecule has 0 radical (unpaired) electrons. The molecule has 11 atom stereocenters. The van der Waals surface area contributed by atoms with Crippen molar-refractivity contribution in [3.8, 4) is 0 Å². The first-order valence-corrected chi connectivity index (χ1v) is 22.2. The van der Waals surface area contributed by atoms with Crippen LogP contribution in [0.4, 0.5) is 5.69 Å². The van der Waals surface area contributed by atoms with Gasteiger partial charge in [-0.3, -0.25) is 24.1 Å². The molecular weight excluding hydrogens is 869 g/mol. The maximum Gasteiger partial charge on any atom is 0.303 e. The Kier molecular flexibility index (Phi) is 17.5. The van der Waals surface area contributed by atoms with Crippen LogP contribution in [0.5, 0.6) is 0 Å². The van der Waals surface area contributed by atoms with Crippen LogP contribution < -0.4 is 5.32 Å². The minimum atomic E-state index is -1.33. The van der Waals surface area contributed by atoms with Gasteiger partial charge >= 0.3 is 23.9 Å². The van der Waals surface area contributed by atoms with E-state index in [1.54, 1.807) is 0 Å². The maximum absolute atomic E-state index is 12.4. The normalized spacial score (nSPS) is 24.9. The number of hydrogen-bond donors (Lipinski definition) is 3. The predicted molar refractivity (Wildman–Crippen MR) is 246 cm³/mol. The summed E-state index contributed by atoms with van der Waals surface area (Å²) in [5, 5.41) is 24.6. The largest absolute Gasteiger partial charge is 0.463 e. The third kappa shape index (κ3) is 13.1. The maximum atomic E-state index is 12.4. The zero-order valence-corrected chi connectivity index (χ0v) is 38.6. The topological polar surface area (TPSA) is 189 Å². The second-order valence-electron chi connectivity index (χ2n) is 16.6. The van der Waals surface area contributed by atoms with Gasteiger partial charge in [-0.15, -0.1) is 0 Å². The Morgan fingerprint density at radius 1 is 0.697 bits per heavy atom. The zero-order chi connectivity index (χ0) is 47.5. The average molecular weight is 927 g/mol. The second kappa shape index (κ2) is 23.2. The smallest absolute Gasteiger partial charge is 0.303 e. The summed E-state index contributed by atoms with van der Waals surface area (Å²) in [7, 11) is 1.97. The quantitative estimate of drug-likeness (QED) is 0.0597. The molecule has 0 spiro atoms. The first kappa shape index (κ1) is 49.8. The minimum absolute atomic E-state index is 0.0683. The van der Waals surface area contributed by atoms with Gasteiger partial charge in [0.25, 0.3) is 0 Å². The van der Waals surface area contributed by atoms with Crippen LogP contribution >= 0.6 is 12.2 Å². The van der Waals surface area contributed by atoms with Crippen molar-refractivity contribution in [2.24, 2.45) is 0 Å². The molecule has 66 heavy (non-hydrogen) atoms. The monoisotopic (exact) mass is 926 g/mol. The molecule has 4 aromatic rings. The molecule has 3 N–H and O–H groups in total. The number of aliphatic hydroxyl groups is 2. The van der Waals surface area contributed by atoms with Gasteiger partial charge in [0, 0.05) is 63.9 Å². The van der Waals surface area contributed by atoms with Gasteiger partial charge < -0.3 is 48.7 Å². The van der Waals surface area contributed by atoms with E-state index in [-0.39, 0.29) is 36.6 Å². The van der Waals surface area contributed by atoms with Crippen molar-refractivity contribution in [3.63, 3.8) is 0 Å². The zero-order valence-electron chi connectivity index (χ0n) is 37.8. The summed E-state index contributed by atoms with van der Waals surface area (Å²) in [6, 6.07) is 34.3. The van der Waals surface area contributed by atoms with Crippen molar-refractivity contribution in [1.29, 1.82) is 0 Å². The molecule has 0 saturated carbocycles. The SMILES string of the molecule is CC(=O)OCC1OC(CC(=S)Nc2cccc(C3OC(CN(C)C(C)C(O)c4ccccc4)C(c4ccccc4)C(c4ccc(CO)cc4)O3)c2)C(OC(C)=O)C(OC(C)=O)C1OC(C)=O. The Bertz CT molecular complexity index is 2270. The van der Waals surface area contributed by atoms with Crippen molar-refractivity contribution >= 4 is 46.8 Å². The van der Waals surface area contributed by atoms with Crippen LogP contribution in [0, 0.1) is 0 Å². The van der Waals surface area contributed by atoms with E-state index in [0.717, 1.165) is 36.1 Å². The summed E-state index contributed by atoms with van der Waals surface area (Å²) < 4.78 is 42.2. The van der Waals surface area contributed by atoms with Crippen LogP contribution in [-0.2, 0) is 58.9 Å². The van der Waals surface area contributed by atoms with Crippen molar-refractivity contribution in [1.82, 2.24) is 4.90 Å². The van der Waals surface area contributed by atoms with E-state index in [2.05, 4.69) is 22.3 Å². The summed E-state index contributed by atoms with van der Waals surface area (Å²) in [6.45, 7) is 6.64. The molecular formula is C50H58N2O13S. The Balaban J connectivity index is 1.29. The highest BCUT2D eigenvalue weighted by molar-refractivity contribution is 7.80. The average Bonchev–Trinajstić information content (AvgIpc) is 3.29. The number of thiocarbonyl (C=S) groups is 1. The fourth-order valence-corrected chi connectivity index (χ4v) is 8.71. The Hall–Kier alpha value is -5.59. The summed E-state index contributed by atoms with van der Waals surface area (Å²) in [5.74, 6) is -3.09. The van der Waals surface area contributed by atoms with E-state index in [1.807, 2.05) is 111 Å². The molecule has 11 unspecified atom stereocenters. The molecule has 15 nitrogen and oxygen atoms in total. The van der Waals surface area contributed by atoms with Crippen molar-refractivity contribution in [2.75, 3.05) is 25.5 Å². The van der Waals surface area contributed by atoms with E-state index in [4.69, 9.17) is 45.4 Å². The molecule has 0 aromatic heterocycles. The lowest BCUT2D eigenvalue weighted by Gasteiger charge is -2.45. The standard InChI is InChI=1S/C50H58N2O13S/c1-29(45(58)36-16-11-8-12-17-36)52(6)26-41-44(35-14-9-7-10-15-35)46(37-22-20-34(27-53)21-23-37)65-50(64-41)38-18-13-19-39(24-38)51-43(66)25-40-47(60-31(3)55)49(62-33(5)57)48(61-32(4)56)42(63-40)28-59-30(2)54/h7-24,29,40-42,44-50,53,58H,25-28H2,1-6H3,(H,51,66). The van der Waals surface area contributed by atoms with Gasteiger partial charge in [-0.25, -0.2) is 0 Å². The van der Waals surface area contributed by atoms with E-state index in [1.165, 1.54) is 13.8 Å². The molecule has 0 amide bonds. The van der Waals surface area contributed by atoms with Crippen LogP contribution in [0.2, 0.25) is 0 Å². The number of aliphatic hydroxyl groups excluding tert-OH is 2. The number of esters is 4. The van der Waals surface area contributed by atoms with Crippen LogP contribution in [0.25, 0.3) is 0 Å². The molecule has 0 aliphatic carbocycles. The van der Waals surface area contributed by atoms with Gasteiger partial charge in [-0.1, -0.05) is 109 Å². The molecule has 352 valence electrons. The third-order valence-corrected chi connectivity index (χ3v) is 11.9. The van der Waals surface area contributed by atoms with Gasteiger partial charge in [0.1, 0.15) is 18.8 Å².